The Bertz CT molecular complexity index is 274. The van der Waals surface area contributed by atoms with Gasteiger partial charge in [-0.2, -0.15) is 11.8 Å². The van der Waals surface area contributed by atoms with Crippen LogP contribution >= 0.6 is 35.7 Å². The minimum atomic E-state index is 0. The number of rotatable bonds is 8. The maximum absolute atomic E-state index is 5.13. The van der Waals surface area contributed by atoms with Crippen LogP contribution in [0.2, 0.25) is 0 Å². The predicted octanol–water partition coefficient (Wildman–Crippen LogP) is 1.49. The van der Waals surface area contributed by atoms with Crippen LogP contribution in [0.25, 0.3) is 0 Å². The van der Waals surface area contributed by atoms with E-state index in [0.29, 0.717) is 0 Å². The number of halogens is 1. The Morgan fingerprint density at radius 1 is 1.33 bits per heavy atom. The van der Waals surface area contributed by atoms with Gasteiger partial charge in [-0.15, -0.1) is 24.0 Å². The first-order chi connectivity index (χ1) is 9.80. The molecule has 7 heteroatoms. The van der Waals surface area contributed by atoms with Gasteiger partial charge in [-0.25, -0.2) is 0 Å². The number of hydrogen-bond acceptors (Lipinski definition) is 4. The average Bonchev–Trinajstić information content (AvgIpc) is 2.49. The Hall–Kier alpha value is 0.270. The number of methoxy groups -OCH3 is 1. The fraction of sp³-hybridized carbons (Fsp3) is 0.929. The molecule has 1 aliphatic rings. The molecule has 0 aromatic heterocycles. The zero-order chi connectivity index (χ0) is 14.6. The molecule has 1 rings (SSSR count). The highest BCUT2D eigenvalue weighted by molar-refractivity contribution is 14.0. The molecule has 0 spiro atoms. The summed E-state index contributed by atoms with van der Waals surface area (Å²) in [6.07, 6.45) is 4.65. The summed E-state index contributed by atoms with van der Waals surface area (Å²) in [5.41, 5.74) is 0. The molecule has 5 nitrogen and oxygen atoms in total. The van der Waals surface area contributed by atoms with Crippen LogP contribution in [-0.4, -0.2) is 76.4 Å². The molecule has 126 valence electrons. The summed E-state index contributed by atoms with van der Waals surface area (Å²) < 4.78 is 5.13. The fourth-order valence-electron chi connectivity index (χ4n) is 2.37. The number of likely N-dealkylation sites (tertiary alicyclic amines) is 1. The van der Waals surface area contributed by atoms with Crippen LogP contribution in [0, 0.1) is 5.92 Å². The van der Waals surface area contributed by atoms with Gasteiger partial charge in [0.15, 0.2) is 5.96 Å². The summed E-state index contributed by atoms with van der Waals surface area (Å²) in [4.78, 5) is 6.75. The molecule has 0 radical (unpaired) electrons. The van der Waals surface area contributed by atoms with Gasteiger partial charge in [0, 0.05) is 39.5 Å². The second-order valence-electron chi connectivity index (χ2n) is 5.15. The molecular formula is C14H31IN4OS. The quantitative estimate of drug-likeness (QED) is 0.265. The summed E-state index contributed by atoms with van der Waals surface area (Å²) in [6.45, 7) is 6.28. The Morgan fingerprint density at radius 3 is 2.62 bits per heavy atom. The van der Waals surface area contributed by atoms with E-state index in [0.717, 1.165) is 43.9 Å². The molecule has 0 aromatic rings. The number of aliphatic imine (C=N–C) groups is 1. The SMILES string of the molecule is CN=C(NCCSC)NCC1CCN(CCOC)CC1.I. The van der Waals surface area contributed by atoms with E-state index in [-0.39, 0.29) is 24.0 Å². The summed E-state index contributed by atoms with van der Waals surface area (Å²) in [7, 11) is 3.61. The van der Waals surface area contributed by atoms with E-state index in [9.17, 15) is 0 Å². The molecule has 0 atom stereocenters. The molecule has 2 N–H and O–H groups in total. The highest BCUT2D eigenvalue weighted by atomic mass is 127. The van der Waals surface area contributed by atoms with Crippen molar-refractivity contribution in [2.45, 2.75) is 12.8 Å². The third kappa shape index (κ3) is 9.80. The summed E-state index contributed by atoms with van der Waals surface area (Å²) in [6, 6.07) is 0. The Kier molecular flexibility index (Phi) is 14.1. The Labute approximate surface area is 151 Å². The van der Waals surface area contributed by atoms with Crippen molar-refractivity contribution in [1.82, 2.24) is 15.5 Å². The standard InChI is InChI=1S/C14H30N4OS.HI/c1-15-14(16-6-11-20-3)17-12-13-4-7-18(8-5-13)9-10-19-2;/h13H,4-12H2,1-3H3,(H2,15,16,17);1H. The topological polar surface area (TPSA) is 48.9 Å². The number of hydrogen-bond donors (Lipinski definition) is 2. The minimum absolute atomic E-state index is 0. The van der Waals surface area contributed by atoms with E-state index in [4.69, 9.17) is 4.74 Å². The molecule has 0 aromatic carbocycles. The second-order valence-corrected chi connectivity index (χ2v) is 6.14. The van der Waals surface area contributed by atoms with Gasteiger partial charge >= 0.3 is 0 Å². The van der Waals surface area contributed by atoms with E-state index >= 15 is 0 Å². The van der Waals surface area contributed by atoms with E-state index in [1.807, 2.05) is 18.8 Å². The van der Waals surface area contributed by atoms with Crippen LogP contribution in [0.5, 0.6) is 0 Å². The van der Waals surface area contributed by atoms with Crippen molar-refractivity contribution in [1.29, 1.82) is 0 Å². The number of piperidine rings is 1. The molecule has 1 saturated heterocycles. The smallest absolute Gasteiger partial charge is 0.191 e. The van der Waals surface area contributed by atoms with Gasteiger partial charge in [0.25, 0.3) is 0 Å². The molecule has 0 unspecified atom stereocenters. The van der Waals surface area contributed by atoms with Gasteiger partial charge in [-0.1, -0.05) is 0 Å². The number of ether oxygens (including phenoxy) is 1. The lowest BCUT2D eigenvalue weighted by Crippen LogP contribution is -2.43. The molecule has 0 aliphatic carbocycles. The van der Waals surface area contributed by atoms with Crippen LogP contribution < -0.4 is 10.6 Å². The van der Waals surface area contributed by atoms with Gasteiger partial charge in [0.1, 0.15) is 0 Å². The van der Waals surface area contributed by atoms with Crippen LogP contribution in [-0.2, 0) is 4.74 Å². The van der Waals surface area contributed by atoms with Gasteiger partial charge in [-0.05, 0) is 38.1 Å². The molecule has 21 heavy (non-hydrogen) atoms. The van der Waals surface area contributed by atoms with Crippen molar-refractivity contribution in [2.75, 3.05) is 65.5 Å². The van der Waals surface area contributed by atoms with Crippen molar-refractivity contribution in [3.8, 4) is 0 Å². The lowest BCUT2D eigenvalue weighted by Gasteiger charge is -2.32. The highest BCUT2D eigenvalue weighted by Gasteiger charge is 2.18. The first kappa shape index (κ1) is 21.3. The van der Waals surface area contributed by atoms with E-state index < -0.39 is 0 Å². The maximum Gasteiger partial charge on any atom is 0.191 e. The number of guanidine groups is 1. The first-order valence-electron chi connectivity index (χ1n) is 7.45. The molecule has 1 heterocycles. The van der Waals surface area contributed by atoms with Gasteiger partial charge in [0.05, 0.1) is 6.61 Å². The largest absolute Gasteiger partial charge is 0.383 e. The van der Waals surface area contributed by atoms with Crippen LogP contribution in [0.15, 0.2) is 4.99 Å². The van der Waals surface area contributed by atoms with Gasteiger partial charge in [-0.3, -0.25) is 4.99 Å². The van der Waals surface area contributed by atoms with Crippen LogP contribution in [0.3, 0.4) is 0 Å². The molecule has 1 aliphatic heterocycles. The Balaban J connectivity index is 0.00000400. The predicted molar refractivity (Wildman–Crippen MR) is 104 cm³/mol. The number of nitrogens with zero attached hydrogens (tertiary/aromatic N) is 2. The summed E-state index contributed by atoms with van der Waals surface area (Å²) >= 11 is 1.85. The van der Waals surface area contributed by atoms with E-state index in [1.54, 1.807) is 7.11 Å². The van der Waals surface area contributed by atoms with Crippen LogP contribution in [0.4, 0.5) is 0 Å². The lowest BCUT2D eigenvalue weighted by atomic mass is 9.97. The van der Waals surface area contributed by atoms with E-state index in [1.165, 1.54) is 25.9 Å². The zero-order valence-corrected chi connectivity index (χ0v) is 16.7. The Morgan fingerprint density at radius 2 is 2.05 bits per heavy atom. The highest BCUT2D eigenvalue weighted by Crippen LogP contribution is 2.15. The summed E-state index contributed by atoms with van der Waals surface area (Å²) in [5, 5.41) is 6.78. The van der Waals surface area contributed by atoms with Crippen molar-refractivity contribution in [3.05, 3.63) is 0 Å². The maximum atomic E-state index is 5.13. The molecule has 1 fully saturated rings. The van der Waals surface area contributed by atoms with Gasteiger partial charge in [0.2, 0.25) is 0 Å². The van der Waals surface area contributed by atoms with Crippen molar-refractivity contribution in [3.63, 3.8) is 0 Å². The van der Waals surface area contributed by atoms with Crippen molar-refractivity contribution < 1.29 is 4.74 Å². The monoisotopic (exact) mass is 430 g/mol. The third-order valence-electron chi connectivity index (χ3n) is 3.70. The zero-order valence-electron chi connectivity index (χ0n) is 13.6. The summed E-state index contributed by atoms with van der Waals surface area (Å²) in [5.74, 6) is 2.80. The minimum Gasteiger partial charge on any atom is -0.383 e. The molecule has 0 amide bonds. The number of nitrogens with one attached hydrogen (secondary N) is 2. The van der Waals surface area contributed by atoms with Gasteiger partial charge < -0.3 is 20.3 Å². The third-order valence-corrected chi connectivity index (χ3v) is 4.31. The fourth-order valence-corrected chi connectivity index (χ4v) is 2.67. The lowest BCUT2D eigenvalue weighted by molar-refractivity contribution is 0.121. The van der Waals surface area contributed by atoms with Crippen molar-refractivity contribution >= 4 is 41.7 Å². The number of thioether (sulfide) groups is 1. The first-order valence-corrected chi connectivity index (χ1v) is 8.84. The molecular weight excluding hydrogens is 399 g/mol. The normalized spacial score (nSPS) is 17.4. The molecule has 0 saturated carbocycles. The molecule has 0 bridgehead atoms. The average molecular weight is 430 g/mol. The van der Waals surface area contributed by atoms with Crippen molar-refractivity contribution in [2.24, 2.45) is 10.9 Å². The second kappa shape index (κ2) is 13.9. The van der Waals surface area contributed by atoms with Crippen LogP contribution in [0.1, 0.15) is 12.8 Å². The van der Waals surface area contributed by atoms with E-state index in [2.05, 4.69) is 26.8 Å².